The molecule has 2 heterocycles. The van der Waals surface area contributed by atoms with Crippen molar-refractivity contribution in [1.29, 1.82) is 0 Å². The number of aryl methyl sites for hydroxylation is 1. The number of H-pyrrole nitrogens is 1. The van der Waals surface area contributed by atoms with Crippen LogP contribution in [0, 0.1) is 6.92 Å². The zero-order valence-electron chi connectivity index (χ0n) is 11.5. The molecule has 3 rings (SSSR count). The second-order valence-corrected chi connectivity index (χ2v) is 4.59. The van der Waals surface area contributed by atoms with Gasteiger partial charge in [-0.15, -0.1) is 0 Å². The molecule has 0 aliphatic rings. The summed E-state index contributed by atoms with van der Waals surface area (Å²) in [5.41, 5.74) is 1.06. The van der Waals surface area contributed by atoms with Crippen molar-refractivity contribution in [2.75, 3.05) is 4.90 Å². The van der Waals surface area contributed by atoms with E-state index in [1.54, 1.807) is 30.3 Å². The minimum Gasteiger partial charge on any atom is -0.361 e. The Balaban J connectivity index is 1.94. The molecule has 21 heavy (non-hydrogen) atoms. The maximum Gasteiger partial charge on any atom is 0.280 e. The molecule has 6 heteroatoms. The monoisotopic (exact) mass is 282 g/mol. The van der Waals surface area contributed by atoms with Crippen LogP contribution in [0.15, 0.2) is 53.3 Å². The van der Waals surface area contributed by atoms with Crippen molar-refractivity contribution < 1.29 is 9.32 Å². The summed E-state index contributed by atoms with van der Waals surface area (Å²) in [6.07, 6.45) is 3.38. The molecule has 0 spiro atoms. The lowest BCUT2D eigenvalue weighted by Crippen LogP contribution is -2.31. The molecule has 0 bridgehead atoms. The number of para-hydroxylation sites is 1. The number of nitrogens with one attached hydrogen (secondary N) is 1. The van der Waals surface area contributed by atoms with Gasteiger partial charge in [0.1, 0.15) is 11.6 Å². The zero-order chi connectivity index (χ0) is 14.7. The van der Waals surface area contributed by atoms with E-state index in [0.717, 1.165) is 5.69 Å². The number of anilines is 1. The molecule has 0 saturated heterocycles. The fraction of sp³-hybridized carbons (Fsp3) is 0.133. The van der Waals surface area contributed by atoms with Gasteiger partial charge in [-0.25, -0.2) is 4.98 Å². The van der Waals surface area contributed by atoms with E-state index in [0.29, 0.717) is 18.1 Å². The van der Waals surface area contributed by atoms with Gasteiger partial charge in [0.05, 0.1) is 6.54 Å². The summed E-state index contributed by atoms with van der Waals surface area (Å²) in [7, 11) is 0. The number of aromatic nitrogens is 3. The highest BCUT2D eigenvalue weighted by Crippen LogP contribution is 2.18. The number of imidazole rings is 1. The minimum atomic E-state index is -0.227. The Morgan fingerprint density at radius 3 is 2.76 bits per heavy atom. The molecule has 6 nitrogen and oxygen atoms in total. The molecule has 0 unspecified atom stereocenters. The lowest BCUT2D eigenvalue weighted by Gasteiger charge is -2.20. The highest BCUT2D eigenvalue weighted by atomic mass is 16.5. The molecule has 106 valence electrons. The van der Waals surface area contributed by atoms with Gasteiger partial charge in [-0.2, -0.15) is 0 Å². The molecule has 2 aromatic heterocycles. The van der Waals surface area contributed by atoms with Crippen molar-refractivity contribution in [2.24, 2.45) is 0 Å². The quantitative estimate of drug-likeness (QED) is 0.798. The van der Waals surface area contributed by atoms with E-state index in [9.17, 15) is 4.79 Å². The summed E-state index contributed by atoms with van der Waals surface area (Å²) in [6, 6.07) is 11.0. The average molecular weight is 282 g/mol. The van der Waals surface area contributed by atoms with Crippen LogP contribution < -0.4 is 4.90 Å². The highest BCUT2D eigenvalue weighted by Gasteiger charge is 2.21. The summed E-state index contributed by atoms with van der Waals surface area (Å²) < 4.78 is 4.99. The lowest BCUT2D eigenvalue weighted by molar-refractivity contribution is 0.0975. The van der Waals surface area contributed by atoms with Crippen LogP contribution in [0.4, 0.5) is 5.69 Å². The molecule has 0 radical (unpaired) electrons. The van der Waals surface area contributed by atoms with Crippen molar-refractivity contribution in [3.05, 3.63) is 66.1 Å². The van der Waals surface area contributed by atoms with E-state index in [2.05, 4.69) is 15.1 Å². The second kappa shape index (κ2) is 5.62. The van der Waals surface area contributed by atoms with Crippen LogP contribution in [0.3, 0.4) is 0 Å². The molecule has 1 N–H and O–H groups in total. The first-order valence-electron chi connectivity index (χ1n) is 6.52. The lowest BCUT2D eigenvalue weighted by atomic mass is 10.2. The summed E-state index contributed by atoms with van der Waals surface area (Å²) >= 11 is 0. The maximum absolute atomic E-state index is 12.6. The van der Waals surface area contributed by atoms with Gasteiger partial charge in [0.15, 0.2) is 5.69 Å². The molecule has 0 atom stereocenters. The molecule has 0 fully saturated rings. The number of nitrogens with zero attached hydrogens (tertiary/aromatic N) is 3. The predicted octanol–water partition coefficient (Wildman–Crippen LogP) is 2.55. The third-order valence-corrected chi connectivity index (χ3v) is 3.02. The third kappa shape index (κ3) is 2.84. The van der Waals surface area contributed by atoms with Crippen molar-refractivity contribution in [2.45, 2.75) is 13.5 Å². The van der Waals surface area contributed by atoms with Gasteiger partial charge in [-0.3, -0.25) is 9.69 Å². The average Bonchev–Trinajstić information content (AvgIpc) is 3.16. The van der Waals surface area contributed by atoms with Gasteiger partial charge in [0.2, 0.25) is 0 Å². The smallest absolute Gasteiger partial charge is 0.280 e. The van der Waals surface area contributed by atoms with Crippen LogP contribution >= 0.6 is 0 Å². The van der Waals surface area contributed by atoms with E-state index in [4.69, 9.17) is 4.52 Å². The Hall–Kier alpha value is -2.89. The van der Waals surface area contributed by atoms with Crippen molar-refractivity contribution in [3.63, 3.8) is 0 Å². The Morgan fingerprint density at radius 1 is 1.33 bits per heavy atom. The van der Waals surface area contributed by atoms with E-state index in [1.165, 1.54) is 0 Å². The van der Waals surface area contributed by atoms with Crippen LogP contribution in [0.2, 0.25) is 0 Å². The van der Waals surface area contributed by atoms with E-state index in [-0.39, 0.29) is 11.6 Å². The predicted molar refractivity (Wildman–Crippen MR) is 76.8 cm³/mol. The largest absolute Gasteiger partial charge is 0.361 e. The number of benzene rings is 1. The van der Waals surface area contributed by atoms with Crippen molar-refractivity contribution in [1.82, 2.24) is 15.1 Å². The fourth-order valence-electron chi connectivity index (χ4n) is 2.03. The Kier molecular flexibility index (Phi) is 3.51. The second-order valence-electron chi connectivity index (χ2n) is 4.59. The zero-order valence-corrected chi connectivity index (χ0v) is 11.5. The van der Waals surface area contributed by atoms with Gasteiger partial charge in [-0.05, 0) is 19.1 Å². The number of rotatable bonds is 4. The van der Waals surface area contributed by atoms with Gasteiger partial charge in [0, 0.05) is 24.1 Å². The first-order valence-corrected chi connectivity index (χ1v) is 6.52. The van der Waals surface area contributed by atoms with Crippen LogP contribution in [0.5, 0.6) is 0 Å². The summed E-state index contributed by atoms with van der Waals surface area (Å²) in [4.78, 5) is 21.4. The van der Waals surface area contributed by atoms with Gasteiger partial charge >= 0.3 is 0 Å². The Morgan fingerprint density at radius 2 is 2.14 bits per heavy atom. The number of carbonyl (C=O) groups is 1. The summed E-state index contributed by atoms with van der Waals surface area (Å²) in [6.45, 7) is 2.09. The molecule has 0 aliphatic carbocycles. The van der Waals surface area contributed by atoms with E-state index < -0.39 is 0 Å². The maximum atomic E-state index is 12.6. The molecular formula is C15H14N4O2. The van der Waals surface area contributed by atoms with Crippen LogP contribution in [-0.4, -0.2) is 21.0 Å². The van der Waals surface area contributed by atoms with Crippen molar-refractivity contribution in [3.8, 4) is 0 Å². The number of aromatic amines is 1. The number of hydrogen-bond donors (Lipinski definition) is 1. The Labute approximate surface area is 121 Å². The van der Waals surface area contributed by atoms with Crippen molar-refractivity contribution >= 4 is 11.6 Å². The van der Waals surface area contributed by atoms with Crippen LogP contribution in [-0.2, 0) is 6.54 Å². The van der Waals surface area contributed by atoms with E-state index >= 15 is 0 Å². The molecule has 0 saturated carbocycles. The number of carbonyl (C=O) groups excluding carboxylic acids is 1. The standard InChI is InChI=1S/C15H14N4O2/c1-11-9-13(18-21-11)15(20)19(10-14-16-7-8-17-14)12-5-3-2-4-6-12/h2-9H,10H2,1H3,(H,16,17). The minimum absolute atomic E-state index is 0.227. The van der Waals surface area contributed by atoms with Crippen LogP contribution in [0.25, 0.3) is 0 Å². The van der Waals surface area contributed by atoms with E-state index in [1.807, 2.05) is 30.3 Å². The normalized spacial score (nSPS) is 10.5. The molecular weight excluding hydrogens is 268 g/mol. The first-order chi connectivity index (χ1) is 10.2. The molecule has 3 aromatic rings. The summed E-state index contributed by atoms with van der Waals surface area (Å²) in [5, 5.41) is 3.79. The topological polar surface area (TPSA) is 75.0 Å². The molecule has 0 aliphatic heterocycles. The van der Waals surface area contributed by atoms with Gasteiger partial charge in [-0.1, -0.05) is 23.4 Å². The third-order valence-electron chi connectivity index (χ3n) is 3.02. The molecule has 1 aromatic carbocycles. The van der Waals surface area contributed by atoms with Crippen LogP contribution in [0.1, 0.15) is 22.1 Å². The molecule has 1 amide bonds. The number of hydrogen-bond acceptors (Lipinski definition) is 4. The van der Waals surface area contributed by atoms with Gasteiger partial charge < -0.3 is 9.51 Å². The summed E-state index contributed by atoms with van der Waals surface area (Å²) in [5.74, 6) is 1.08. The van der Waals surface area contributed by atoms with Gasteiger partial charge in [0.25, 0.3) is 5.91 Å². The number of amides is 1. The SMILES string of the molecule is Cc1cc(C(=O)N(Cc2ncc[nH]2)c2ccccc2)no1. The highest BCUT2D eigenvalue weighted by molar-refractivity contribution is 6.04. The Bertz CT molecular complexity index is 719. The fourth-order valence-corrected chi connectivity index (χ4v) is 2.03. The first kappa shape index (κ1) is 13.1.